The largest absolute Gasteiger partial charge is 0.454 e. The van der Waals surface area contributed by atoms with E-state index >= 15 is 0 Å². The molecule has 1 heterocycles. The first-order valence-electron chi connectivity index (χ1n) is 9.19. The smallest absolute Gasteiger partial charge is 0.329 e. The van der Waals surface area contributed by atoms with Crippen LogP contribution in [-0.2, 0) is 14.3 Å². The predicted octanol–water partition coefficient (Wildman–Crippen LogP) is 2.74. The number of hydrogen-bond donors (Lipinski definition) is 2. The molecule has 3 unspecified atom stereocenters. The van der Waals surface area contributed by atoms with Crippen LogP contribution in [0.3, 0.4) is 0 Å². The van der Waals surface area contributed by atoms with Crippen LogP contribution in [0.5, 0.6) is 0 Å². The van der Waals surface area contributed by atoms with Crippen LogP contribution in [0.15, 0.2) is 17.5 Å². The lowest BCUT2D eigenvalue weighted by Gasteiger charge is -2.29. The van der Waals surface area contributed by atoms with Gasteiger partial charge in [0.15, 0.2) is 6.61 Å². The van der Waals surface area contributed by atoms with E-state index in [1.165, 1.54) is 17.8 Å². The SMILES string of the molecule is CC(C)C(NC(=O)c1cccs1)C(=O)OCC(=O)NC1CCCCC1C. The van der Waals surface area contributed by atoms with E-state index in [0.29, 0.717) is 10.8 Å². The minimum Gasteiger partial charge on any atom is -0.454 e. The van der Waals surface area contributed by atoms with Gasteiger partial charge in [0.25, 0.3) is 11.8 Å². The van der Waals surface area contributed by atoms with Crippen LogP contribution in [0.2, 0.25) is 0 Å². The second kappa shape index (κ2) is 9.71. The topological polar surface area (TPSA) is 84.5 Å². The van der Waals surface area contributed by atoms with Gasteiger partial charge in [-0.3, -0.25) is 9.59 Å². The van der Waals surface area contributed by atoms with E-state index in [1.54, 1.807) is 17.5 Å². The molecule has 2 N–H and O–H groups in total. The van der Waals surface area contributed by atoms with Crippen molar-refractivity contribution in [2.24, 2.45) is 11.8 Å². The molecule has 1 aliphatic rings. The number of nitrogens with one attached hydrogen (secondary N) is 2. The standard InChI is InChI=1S/C19H28N2O4S/c1-12(2)17(21-18(23)15-9-6-10-26-15)19(24)25-11-16(22)20-14-8-5-4-7-13(14)3/h6,9-10,12-14,17H,4-5,7-8,11H2,1-3H3,(H,20,22)(H,21,23). The Morgan fingerprint density at radius 3 is 2.62 bits per heavy atom. The number of rotatable bonds is 7. The van der Waals surface area contributed by atoms with Crippen LogP contribution in [0.4, 0.5) is 0 Å². The summed E-state index contributed by atoms with van der Waals surface area (Å²) < 4.78 is 5.16. The molecule has 1 aliphatic carbocycles. The van der Waals surface area contributed by atoms with E-state index in [2.05, 4.69) is 17.6 Å². The Kier molecular flexibility index (Phi) is 7.63. The molecule has 26 heavy (non-hydrogen) atoms. The van der Waals surface area contributed by atoms with Crippen molar-refractivity contribution in [3.05, 3.63) is 22.4 Å². The maximum atomic E-state index is 12.3. The highest BCUT2D eigenvalue weighted by Crippen LogP contribution is 2.23. The third kappa shape index (κ3) is 5.83. The lowest BCUT2D eigenvalue weighted by atomic mass is 9.86. The lowest BCUT2D eigenvalue weighted by Crippen LogP contribution is -2.47. The minimum absolute atomic E-state index is 0.146. The molecule has 0 aliphatic heterocycles. The molecule has 0 radical (unpaired) electrons. The fourth-order valence-electron chi connectivity index (χ4n) is 3.12. The zero-order chi connectivity index (χ0) is 19.1. The summed E-state index contributed by atoms with van der Waals surface area (Å²) >= 11 is 1.31. The summed E-state index contributed by atoms with van der Waals surface area (Å²) in [5.41, 5.74) is 0. The van der Waals surface area contributed by atoms with Crippen LogP contribution in [0, 0.1) is 11.8 Å². The van der Waals surface area contributed by atoms with Gasteiger partial charge in [0.05, 0.1) is 4.88 Å². The molecule has 1 fully saturated rings. The summed E-state index contributed by atoms with van der Waals surface area (Å²) in [5.74, 6) is -0.887. The average molecular weight is 381 g/mol. The molecule has 0 spiro atoms. The van der Waals surface area contributed by atoms with Crippen LogP contribution in [0.1, 0.15) is 56.1 Å². The molecule has 1 aromatic rings. The normalized spacial score (nSPS) is 21.1. The quantitative estimate of drug-likeness (QED) is 0.713. The van der Waals surface area contributed by atoms with Gasteiger partial charge in [-0.25, -0.2) is 4.79 Å². The molecule has 0 bridgehead atoms. The first-order chi connectivity index (χ1) is 12.4. The second-order valence-electron chi connectivity index (χ2n) is 7.22. The van der Waals surface area contributed by atoms with Gasteiger partial charge in [-0.05, 0) is 36.1 Å². The van der Waals surface area contributed by atoms with Gasteiger partial charge in [-0.15, -0.1) is 11.3 Å². The number of esters is 1. The van der Waals surface area contributed by atoms with Gasteiger partial charge in [-0.2, -0.15) is 0 Å². The minimum atomic E-state index is -0.786. The molecular weight excluding hydrogens is 352 g/mol. The van der Waals surface area contributed by atoms with Gasteiger partial charge in [0, 0.05) is 6.04 Å². The molecule has 1 aromatic heterocycles. The number of carbonyl (C=O) groups is 3. The fraction of sp³-hybridized carbons (Fsp3) is 0.632. The highest BCUT2D eigenvalue weighted by Gasteiger charge is 2.28. The Morgan fingerprint density at radius 2 is 2.00 bits per heavy atom. The Morgan fingerprint density at radius 1 is 1.27 bits per heavy atom. The zero-order valence-corrected chi connectivity index (χ0v) is 16.4. The number of ether oxygens (including phenoxy) is 1. The molecule has 3 atom stereocenters. The summed E-state index contributed by atoms with van der Waals surface area (Å²) in [6.07, 6.45) is 4.38. The zero-order valence-electron chi connectivity index (χ0n) is 15.6. The summed E-state index contributed by atoms with van der Waals surface area (Å²) in [6.45, 7) is 5.46. The summed E-state index contributed by atoms with van der Waals surface area (Å²) in [7, 11) is 0. The summed E-state index contributed by atoms with van der Waals surface area (Å²) in [6, 6.07) is 2.83. The monoisotopic (exact) mass is 380 g/mol. The van der Waals surface area contributed by atoms with Gasteiger partial charge in [0.1, 0.15) is 6.04 Å². The molecule has 0 aromatic carbocycles. The molecule has 2 rings (SSSR count). The molecule has 7 heteroatoms. The number of carbonyl (C=O) groups excluding carboxylic acids is 3. The second-order valence-corrected chi connectivity index (χ2v) is 8.16. The lowest BCUT2D eigenvalue weighted by molar-refractivity contribution is -0.151. The first-order valence-corrected chi connectivity index (χ1v) is 10.1. The Bertz CT molecular complexity index is 615. The van der Waals surface area contributed by atoms with Crippen molar-refractivity contribution in [3.63, 3.8) is 0 Å². The summed E-state index contributed by atoms with van der Waals surface area (Å²) in [5, 5.41) is 7.45. The maximum Gasteiger partial charge on any atom is 0.329 e. The van der Waals surface area contributed by atoms with E-state index in [4.69, 9.17) is 4.74 Å². The van der Waals surface area contributed by atoms with E-state index in [1.807, 2.05) is 13.8 Å². The fourth-order valence-corrected chi connectivity index (χ4v) is 3.75. The van der Waals surface area contributed by atoms with Crippen LogP contribution < -0.4 is 10.6 Å². The molecule has 6 nitrogen and oxygen atoms in total. The molecule has 144 valence electrons. The van der Waals surface area contributed by atoms with Crippen molar-refractivity contribution in [3.8, 4) is 0 Å². The molecular formula is C19H28N2O4S. The Hall–Kier alpha value is -1.89. The van der Waals surface area contributed by atoms with Gasteiger partial charge < -0.3 is 15.4 Å². The summed E-state index contributed by atoms with van der Waals surface area (Å²) in [4.78, 5) is 37.1. The van der Waals surface area contributed by atoms with Crippen molar-refractivity contribution < 1.29 is 19.1 Å². The van der Waals surface area contributed by atoms with E-state index in [9.17, 15) is 14.4 Å². The van der Waals surface area contributed by atoms with Crippen LogP contribution in [0.25, 0.3) is 0 Å². The Balaban J connectivity index is 1.83. The van der Waals surface area contributed by atoms with Gasteiger partial charge in [-0.1, -0.05) is 39.7 Å². The van der Waals surface area contributed by atoms with Gasteiger partial charge in [0.2, 0.25) is 0 Å². The van der Waals surface area contributed by atoms with Gasteiger partial charge >= 0.3 is 5.97 Å². The highest BCUT2D eigenvalue weighted by molar-refractivity contribution is 7.12. The van der Waals surface area contributed by atoms with Crippen molar-refractivity contribution in [1.29, 1.82) is 0 Å². The third-order valence-corrected chi connectivity index (χ3v) is 5.62. The van der Waals surface area contributed by atoms with Crippen molar-refractivity contribution in [2.75, 3.05) is 6.61 Å². The van der Waals surface area contributed by atoms with E-state index < -0.39 is 12.0 Å². The molecule has 0 saturated heterocycles. The number of thiophene rings is 1. The van der Waals surface area contributed by atoms with E-state index in [0.717, 1.165) is 19.3 Å². The molecule has 1 saturated carbocycles. The van der Waals surface area contributed by atoms with Crippen LogP contribution in [-0.4, -0.2) is 36.5 Å². The molecule has 2 amide bonds. The van der Waals surface area contributed by atoms with Crippen molar-refractivity contribution in [1.82, 2.24) is 10.6 Å². The maximum absolute atomic E-state index is 12.3. The number of hydrogen-bond acceptors (Lipinski definition) is 5. The van der Waals surface area contributed by atoms with Crippen molar-refractivity contribution >= 4 is 29.1 Å². The Labute approximate surface area is 158 Å². The van der Waals surface area contributed by atoms with Crippen molar-refractivity contribution in [2.45, 2.75) is 58.5 Å². The van der Waals surface area contributed by atoms with E-state index in [-0.39, 0.29) is 30.4 Å². The van der Waals surface area contributed by atoms with Crippen LogP contribution >= 0.6 is 11.3 Å². The average Bonchev–Trinajstić information content (AvgIpc) is 3.14. The first kappa shape index (κ1) is 20.4. The highest BCUT2D eigenvalue weighted by atomic mass is 32.1. The predicted molar refractivity (Wildman–Crippen MR) is 101 cm³/mol. The third-order valence-electron chi connectivity index (χ3n) is 4.76. The number of amides is 2.